The zero-order valence-corrected chi connectivity index (χ0v) is 20.9. The molecule has 10 heteroatoms. The second kappa shape index (κ2) is 10.2. The summed E-state index contributed by atoms with van der Waals surface area (Å²) >= 11 is 0. The summed E-state index contributed by atoms with van der Waals surface area (Å²) in [7, 11) is 1.61. The maximum Gasteiger partial charge on any atom is 0.252 e. The molecule has 0 amide bonds. The minimum absolute atomic E-state index is 0.122. The number of H-pyrrole nitrogens is 1. The predicted octanol–water partition coefficient (Wildman–Crippen LogP) is 3.96. The van der Waals surface area contributed by atoms with Crippen molar-refractivity contribution in [3.05, 3.63) is 69.8 Å². The molecule has 2 aliphatic rings. The molecule has 1 aliphatic carbocycles. The van der Waals surface area contributed by atoms with Gasteiger partial charge in [-0.15, -0.1) is 5.10 Å². The molecule has 2 aromatic heterocycles. The number of ether oxygens (including phenoxy) is 3. The summed E-state index contributed by atoms with van der Waals surface area (Å²) in [4.78, 5) is 18.3. The monoisotopic (exact) mass is 502 g/mol. The van der Waals surface area contributed by atoms with E-state index in [2.05, 4.69) is 25.4 Å². The van der Waals surface area contributed by atoms with Gasteiger partial charge in [-0.2, -0.15) is 0 Å². The molecule has 10 nitrogen and oxygen atoms in total. The van der Waals surface area contributed by atoms with Crippen LogP contribution in [-0.2, 0) is 19.6 Å². The molecule has 4 aromatic rings. The van der Waals surface area contributed by atoms with Gasteiger partial charge >= 0.3 is 0 Å². The van der Waals surface area contributed by atoms with E-state index in [-0.39, 0.29) is 12.4 Å². The Morgan fingerprint density at radius 1 is 1.03 bits per heavy atom. The van der Waals surface area contributed by atoms with Gasteiger partial charge in [0.05, 0.1) is 25.2 Å². The quantitative estimate of drug-likeness (QED) is 0.386. The molecule has 0 saturated heterocycles. The molecule has 0 spiro atoms. The van der Waals surface area contributed by atoms with Crippen molar-refractivity contribution in [1.29, 1.82) is 0 Å². The van der Waals surface area contributed by atoms with Gasteiger partial charge in [0.15, 0.2) is 17.3 Å². The van der Waals surface area contributed by atoms with Gasteiger partial charge in [-0.1, -0.05) is 25.3 Å². The fraction of sp³-hybridized carbons (Fsp3) is 0.407. The normalized spacial score (nSPS) is 15.5. The molecule has 192 valence electrons. The van der Waals surface area contributed by atoms with Gasteiger partial charge in [-0.3, -0.25) is 9.69 Å². The van der Waals surface area contributed by atoms with E-state index in [1.165, 1.54) is 19.3 Å². The molecule has 6 rings (SSSR count). The molecule has 0 unspecified atom stereocenters. The van der Waals surface area contributed by atoms with Crippen LogP contribution in [0.25, 0.3) is 10.9 Å². The third-order valence-corrected chi connectivity index (χ3v) is 7.21. The Bertz CT molecular complexity index is 1460. The summed E-state index contributed by atoms with van der Waals surface area (Å²) in [5.41, 5.74) is 2.36. The second-order valence-corrected chi connectivity index (χ2v) is 9.74. The largest absolute Gasteiger partial charge is 0.497 e. The lowest BCUT2D eigenvalue weighted by molar-refractivity contribution is 0.174. The highest BCUT2D eigenvalue weighted by Gasteiger charge is 2.23. The second-order valence-electron chi connectivity index (χ2n) is 9.74. The van der Waals surface area contributed by atoms with Crippen LogP contribution in [0.15, 0.2) is 47.3 Å². The Morgan fingerprint density at radius 3 is 2.76 bits per heavy atom. The standard InChI is InChI=1S/C27H30N6O4/c1-35-22-9-8-19-12-20(27(34)28-23(19)13-22)15-32(14-18-7-10-24-25(11-18)37-17-36-24)16-26-29-30-31-33(26)21-5-3-2-4-6-21/h7-13,21H,2-6,14-17H2,1H3,(H,28,34). The summed E-state index contributed by atoms with van der Waals surface area (Å²) < 4.78 is 18.4. The van der Waals surface area contributed by atoms with Gasteiger partial charge in [0.2, 0.25) is 6.79 Å². The molecule has 37 heavy (non-hydrogen) atoms. The molecule has 1 aliphatic heterocycles. The molecular formula is C27H30N6O4. The van der Waals surface area contributed by atoms with Gasteiger partial charge in [0, 0.05) is 24.7 Å². The fourth-order valence-corrected chi connectivity index (χ4v) is 5.30. The van der Waals surface area contributed by atoms with Gasteiger partial charge in [-0.05, 0) is 64.5 Å². The Balaban J connectivity index is 1.31. The molecule has 1 saturated carbocycles. The van der Waals surface area contributed by atoms with Crippen molar-refractivity contribution >= 4 is 10.9 Å². The van der Waals surface area contributed by atoms with Crippen LogP contribution < -0.4 is 19.8 Å². The van der Waals surface area contributed by atoms with Crippen LogP contribution in [0.3, 0.4) is 0 Å². The number of benzene rings is 2. The average molecular weight is 503 g/mol. The smallest absolute Gasteiger partial charge is 0.252 e. The molecule has 1 fully saturated rings. The minimum Gasteiger partial charge on any atom is -0.497 e. The van der Waals surface area contributed by atoms with Crippen molar-refractivity contribution in [3.8, 4) is 17.2 Å². The van der Waals surface area contributed by atoms with E-state index in [0.717, 1.165) is 46.6 Å². The Morgan fingerprint density at radius 2 is 1.89 bits per heavy atom. The van der Waals surface area contributed by atoms with E-state index >= 15 is 0 Å². The van der Waals surface area contributed by atoms with E-state index in [1.54, 1.807) is 7.11 Å². The first-order chi connectivity index (χ1) is 18.2. The highest BCUT2D eigenvalue weighted by molar-refractivity contribution is 5.80. The van der Waals surface area contributed by atoms with Crippen molar-refractivity contribution in [1.82, 2.24) is 30.1 Å². The third kappa shape index (κ3) is 5.01. The lowest BCUT2D eigenvalue weighted by atomic mass is 9.95. The molecule has 2 aromatic carbocycles. The van der Waals surface area contributed by atoms with Crippen LogP contribution in [0, 0.1) is 0 Å². The summed E-state index contributed by atoms with van der Waals surface area (Å²) in [6, 6.07) is 13.9. The Kier molecular flexibility index (Phi) is 6.48. The summed E-state index contributed by atoms with van der Waals surface area (Å²) in [6.07, 6.45) is 5.84. The molecule has 0 bridgehead atoms. The number of nitrogens with one attached hydrogen (secondary N) is 1. The highest BCUT2D eigenvalue weighted by Crippen LogP contribution is 2.33. The van der Waals surface area contributed by atoms with Crippen molar-refractivity contribution in [3.63, 3.8) is 0 Å². The summed E-state index contributed by atoms with van der Waals surface area (Å²) in [5, 5.41) is 13.7. The van der Waals surface area contributed by atoms with Gasteiger partial charge < -0.3 is 19.2 Å². The van der Waals surface area contributed by atoms with Crippen LogP contribution in [-0.4, -0.2) is 44.0 Å². The zero-order chi connectivity index (χ0) is 25.2. The van der Waals surface area contributed by atoms with E-state index in [9.17, 15) is 4.79 Å². The van der Waals surface area contributed by atoms with Crippen LogP contribution in [0.2, 0.25) is 0 Å². The Labute approximate surface area is 214 Å². The fourth-order valence-electron chi connectivity index (χ4n) is 5.30. The van der Waals surface area contributed by atoms with Crippen LogP contribution >= 0.6 is 0 Å². The lowest BCUT2D eigenvalue weighted by Crippen LogP contribution is -2.29. The number of fused-ring (bicyclic) bond motifs is 2. The lowest BCUT2D eigenvalue weighted by Gasteiger charge is -2.25. The number of aromatic amines is 1. The van der Waals surface area contributed by atoms with Crippen molar-refractivity contribution in [2.45, 2.75) is 57.8 Å². The van der Waals surface area contributed by atoms with Crippen LogP contribution in [0.1, 0.15) is 55.1 Å². The van der Waals surface area contributed by atoms with Crippen molar-refractivity contribution < 1.29 is 14.2 Å². The maximum atomic E-state index is 13.1. The predicted molar refractivity (Wildman–Crippen MR) is 137 cm³/mol. The number of hydrogen-bond acceptors (Lipinski definition) is 8. The minimum atomic E-state index is -0.122. The van der Waals surface area contributed by atoms with E-state index in [0.29, 0.717) is 37.0 Å². The zero-order valence-electron chi connectivity index (χ0n) is 20.9. The number of aromatic nitrogens is 5. The average Bonchev–Trinajstić information content (AvgIpc) is 3.58. The van der Waals surface area contributed by atoms with Crippen molar-refractivity contribution in [2.75, 3.05) is 13.9 Å². The Hall–Kier alpha value is -3.92. The third-order valence-electron chi connectivity index (χ3n) is 7.21. The number of rotatable bonds is 8. The van der Waals surface area contributed by atoms with E-state index < -0.39 is 0 Å². The van der Waals surface area contributed by atoms with Crippen LogP contribution in [0.5, 0.6) is 17.2 Å². The van der Waals surface area contributed by atoms with E-state index in [4.69, 9.17) is 14.2 Å². The van der Waals surface area contributed by atoms with Gasteiger partial charge in [0.25, 0.3) is 5.56 Å². The molecule has 0 atom stereocenters. The molecule has 0 radical (unpaired) electrons. The SMILES string of the molecule is COc1ccc2cc(CN(Cc3ccc4c(c3)OCO4)Cc3nnnn3C3CCCCC3)c(=O)[nH]c2c1. The van der Waals surface area contributed by atoms with Crippen LogP contribution in [0.4, 0.5) is 0 Å². The summed E-state index contributed by atoms with van der Waals surface area (Å²) in [5.74, 6) is 3.00. The van der Waals surface area contributed by atoms with Gasteiger partial charge in [-0.25, -0.2) is 4.68 Å². The van der Waals surface area contributed by atoms with E-state index in [1.807, 2.05) is 47.1 Å². The number of hydrogen-bond donors (Lipinski definition) is 1. The topological polar surface area (TPSA) is 107 Å². The van der Waals surface area contributed by atoms with Gasteiger partial charge in [0.1, 0.15) is 5.75 Å². The van der Waals surface area contributed by atoms with Crippen molar-refractivity contribution in [2.24, 2.45) is 0 Å². The first kappa shape index (κ1) is 23.5. The molecule has 3 heterocycles. The first-order valence-electron chi connectivity index (χ1n) is 12.7. The summed E-state index contributed by atoms with van der Waals surface area (Å²) in [6.45, 7) is 1.77. The molecular weight excluding hydrogens is 472 g/mol. The first-order valence-corrected chi connectivity index (χ1v) is 12.7. The number of tetrazole rings is 1. The molecule has 1 N–H and O–H groups in total. The number of pyridine rings is 1. The number of nitrogens with zero attached hydrogens (tertiary/aromatic N) is 5. The maximum absolute atomic E-state index is 13.1. The number of methoxy groups -OCH3 is 1. The highest BCUT2D eigenvalue weighted by atomic mass is 16.7.